The first-order valence-electron chi connectivity index (χ1n) is 5.66. The molecule has 1 heterocycles. The zero-order chi connectivity index (χ0) is 14.1. The third kappa shape index (κ3) is 4.64. The summed E-state index contributed by atoms with van der Waals surface area (Å²) in [4.78, 5) is 17.8. The standard InChI is InChI=1S/C10H16N4O5/c1-18-10-8(14(16)17)9(12-7-13-10)11-3-2-5-19-6-4-15/h7,15H,2-6H2,1H3,(H,11,12,13). The summed E-state index contributed by atoms with van der Waals surface area (Å²) in [6.45, 7) is 1.15. The van der Waals surface area contributed by atoms with Gasteiger partial charge in [0.1, 0.15) is 6.33 Å². The number of anilines is 1. The molecule has 0 spiro atoms. The van der Waals surface area contributed by atoms with Crippen LogP contribution in [0.25, 0.3) is 0 Å². The average molecular weight is 272 g/mol. The molecule has 0 aliphatic rings. The number of nitrogens with one attached hydrogen (secondary N) is 1. The Morgan fingerprint density at radius 1 is 1.47 bits per heavy atom. The quantitative estimate of drug-likeness (QED) is 0.372. The highest BCUT2D eigenvalue weighted by Crippen LogP contribution is 2.30. The fourth-order valence-corrected chi connectivity index (χ4v) is 1.35. The van der Waals surface area contributed by atoms with Crippen molar-refractivity contribution >= 4 is 11.5 Å². The van der Waals surface area contributed by atoms with Crippen LogP contribution in [0.5, 0.6) is 5.88 Å². The summed E-state index contributed by atoms with van der Waals surface area (Å²) in [5, 5.41) is 22.3. The van der Waals surface area contributed by atoms with E-state index >= 15 is 0 Å². The zero-order valence-electron chi connectivity index (χ0n) is 10.5. The number of hydrogen-bond acceptors (Lipinski definition) is 8. The van der Waals surface area contributed by atoms with E-state index in [1.165, 1.54) is 13.4 Å². The van der Waals surface area contributed by atoms with Crippen molar-refractivity contribution in [1.29, 1.82) is 0 Å². The van der Waals surface area contributed by atoms with Crippen LogP contribution in [0, 0.1) is 10.1 Å². The molecule has 0 aliphatic heterocycles. The highest BCUT2D eigenvalue weighted by Gasteiger charge is 2.23. The third-order valence-electron chi connectivity index (χ3n) is 2.16. The van der Waals surface area contributed by atoms with Crippen molar-refractivity contribution in [2.75, 3.05) is 38.8 Å². The molecule has 2 N–H and O–H groups in total. The van der Waals surface area contributed by atoms with Crippen molar-refractivity contribution in [3.63, 3.8) is 0 Å². The number of hydrogen-bond donors (Lipinski definition) is 2. The number of rotatable bonds is 9. The van der Waals surface area contributed by atoms with Gasteiger partial charge in [0.05, 0.1) is 25.2 Å². The van der Waals surface area contributed by atoms with Gasteiger partial charge in [0.25, 0.3) is 5.88 Å². The van der Waals surface area contributed by atoms with Crippen LogP contribution in [0.3, 0.4) is 0 Å². The number of aromatic nitrogens is 2. The molecule has 0 saturated carbocycles. The average Bonchev–Trinajstić information content (AvgIpc) is 2.42. The van der Waals surface area contributed by atoms with Gasteiger partial charge in [-0.3, -0.25) is 10.1 Å². The van der Waals surface area contributed by atoms with Crippen molar-refractivity contribution < 1.29 is 19.5 Å². The highest BCUT2D eigenvalue weighted by molar-refractivity contribution is 5.60. The van der Waals surface area contributed by atoms with E-state index < -0.39 is 4.92 Å². The maximum absolute atomic E-state index is 10.9. The molecule has 9 heteroatoms. The molecule has 0 radical (unpaired) electrons. The van der Waals surface area contributed by atoms with E-state index in [1.807, 2.05) is 0 Å². The lowest BCUT2D eigenvalue weighted by molar-refractivity contribution is -0.385. The monoisotopic (exact) mass is 272 g/mol. The van der Waals surface area contributed by atoms with Crippen molar-refractivity contribution in [2.24, 2.45) is 0 Å². The molecule has 0 bridgehead atoms. The van der Waals surface area contributed by atoms with Gasteiger partial charge >= 0.3 is 5.69 Å². The minimum absolute atomic E-state index is 0.0258. The van der Waals surface area contributed by atoms with Gasteiger partial charge in [-0.05, 0) is 6.42 Å². The van der Waals surface area contributed by atoms with E-state index in [-0.39, 0.29) is 30.6 Å². The molecule has 0 unspecified atom stereocenters. The van der Waals surface area contributed by atoms with Crippen LogP contribution in [0.4, 0.5) is 11.5 Å². The third-order valence-corrected chi connectivity index (χ3v) is 2.16. The first kappa shape index (κ1) is 15.1. The van der Waals surface area contributed by atoms with Crippen molar-refractivity contribution in [1.82, 2.24) is 9.97 Å². The van der Waals surface area contributed by atoms with Gasteiger partial charge in [-0.15, -0.1) is 0 Å². The van der Waals surface area contributed by atoms with Gasteiger partial charge in [-0.1, -0.05) is 0 Å². The second-order valence-corrected chi connectivity index (χ2v) is 3.45. The Morgan fingerprint density at radius 3 is 2.89 bits per heavy atom. The van der Waals surface area contributed by atoms with E-state index in [4.69, 9.17) is 14.6 Å². The predicted molar refractivity (Wildman–Crippen MR) is 66.2 cm³/mol. The summed E-state index contributed by atoms with van der Waals surface area (Å²) in [5.74, 6) is 0.0260. The maximum atomic E-state index is 10.9. The van der Waals surface area contributed by atoms with Crippen LogP contribution in [0.1, 0.15) is 6.42 Å². The van der Waals surface area contributed by atoms with Gasteiger partial charge in [0.2, 0.25) is 5.82 Å². The van der Waals surface area contributed by atoms with Gasteiger partial charge in [-0.2, -0.15) is 4.98 Å². The van der Waals surface area contributed by atoms with Gasteiger partial charge in [0.15, 0.2) is 0 Å². The molecule has 0 fully saturated rings. The normalized spacial score (nSPS) is 10.2. The molecule has 19 heavy (non-hydrogen) atoms. The zero-order valence-corrected chi connectivity index (χ0v) is 10.5. The Kier molecular flexibility index (Phi) is 6.47. The predicted octanol–water partition coefficient (Wildman–Crippen LogP) is 0.204. The Bertz CT molecular complexity index is 415. The first-order valence-corrected chi connectivity index (χ1v) is 5.66. The molecule has 1 rings (SSSR count). The van der Waals surface area contributed by atoms with E-state index in [1.54, 1.807) is 0 Å². The van der Waals surface area contributed by atoms with Crippen LogP contribution < -0.4 is 10.1 Å². The molecule has 0 aliphatic carbocycles. The molecule has 0 amide bonds. The summed E-state index contributed by atoms with van der Waals surface area (Å²) in [7, 11) is 1.31. The number of nitrogens with zero attached hydrogens (tertiary/aromatic N) is 3. The van der Waals surface area contributed by atoms with Gasteiger partial charge in [-0.25, -0.2) is 4.98 Å². The van der Waals surface area contributed by atoms with Crippen molar-refractivity contribution in [2.45, 2.75) is 6.42 Å². The SMILES string of the molecule is COc1ncnc(NCCCOCCO)c1[N+](=O)[O-]. The molecule has 0 aromatic carbocycles. The van der Waals surface area contributed by atoms with Crippen molar-refractivity contribution in [3.8, 4) is 5.88 Å². The van der Waals surface area contributed by atoms with Crippen LogP contribution in [0.2, 0.25) is 0 Å². The molecule has 0 atom stereocenters. The fourth-order valence-electron chi connectivity index (χ4n) is 1.35. The van der Waals surface area contributed by atoms with E-state index in [9.17, 15) is 10.1 Å². The Labute approximate surface area is 109 Å². The Balaban J connectivity index is 2.55. The largest absolute Gasteiger partial charge is 0.476 e. The van der Waals surface area contributed by atoms with Crippen LogP contribution in [-0.4, -0.2) is 53.5 Å². The molecule has 0 saturated heterocycles. The molecule has 9 nitrogen and oxygen atoms in total. The second kappa shape index (κ2) is 8.16. The summed E-state index contributed by atoms with van der Waals surface area (Å²) in [6, 6.07) is 0. The smallest absolute Gasteiger partial charge is 0.372 e. The lowest BCUT2D eigenvalue weighted by atomic mass is 10.4. The van der Waals surface area contributed by atoms with Crippen LogP contribution in [-0.2, 0) is 4.74 Å². The topological polar surface area (TPSA) is 120 Å². The molecular weight excluding hydrogens is 256 g/mol. The Morgan fingerprint density at radius 2 is 2.26 bits per heavy atom. The molecular formula is C10H16N4O5. The number of aliphatic hydroxyl groups excluding tert-OH is 1. The molecule has 1 aromatic heterocycles. The number of nitro groups is 1. The number of methoxy groups -OCH3 is 1. The van der Waals surface area contributed by atoms with Crippen LogP contribution >= 0.6 is 0 Å². The number of ether oxygens (including phenoxy) is 2. The van der Waals surface area contributed by atoms with Crippen molar-refractivity contribution in [3.05, 3.63) is 16.4 Å². The fraction of sp³-hybridized carbons (Fsp3) is 0.600. The minimum Gasteiger partial charge on any atom is -0.476 e. The summed E-state index contributed by atoms with van der Waals surface area (Å²) in [6.07, 6.45) is 1.82. The summed E-state index contributed by atoms with van der Waals surface area (Å²) in [5.41, 5.74) is -0.290. The minimum atomic E-state index is -0.594. The van der Waals surface area contributed by atoms with E-state index in [0.717, 1.165) is 0 Å². The maximum Gasteiger partial charge on any atom is 0.372 e. The first-order chi connectivity index (χ1) is 9.20. The van der Waals surface area contributed by atoms with E-state index in [2.05, 4.69) is 15.3 Å². The highest BCUT2D eigenvalue weighted by atomic mass is 16.6. The summed E-state index contributed by atoms with van der Waals surface area (Å²) >= 11 is 0. The lowest BCUT2D eigenvalue weighted by Crippen LogP contribution is -2.11. The van der Waals surface area contributed by atoms with Crippen LogP contribution in [0.15, 0.2) is 6.33 Å². The van der Waals surface area contributed by atoms with E-state index in [0.29, 0.717) is 19.6 Å². The van der Waals surface area contributed by atoms with Gasteiger partial charge in [0, 0.05) is 13.2 Å². The number of aliphatic hydroxyl groups is 1. The molecule has 1 aromatic rings. The second-order valence-electron chi connectivity index (χ2n) is 3.45. The molecule has 106 valence electrons. The lowest BCUT2D eigenvalue weighted by Gasteiger charge is -2.07. The summed E-state index contributed by atoms with van der Waals surface area (Å²) < 4.78 is 9.88. The van der Waals surface area contributed by atoms with Gasteiger partial charge < -0.3 is 19.9 Å². The Hall–Kier alpha value is -2.00.